The molecule has 1 amide bonds. The quantitative estimate of drug-likeness (QED) is 0.892. The van der Waals surface area contributed by atoms with Crippen LogP contribution in [0.15, 0.2) is 12.1 Å². The molecule has 0 aliphatic heterocycles. The highest BCUT2D eigenvalue weighted by Gasteiger charge is 2.25. The van der Waals surface area contributed by atoms with Crippen LogP contribution in [0.5, 0.6) is 0 Å². The Morgan fingerprint density at radius 2 is 1.83 bits per heavy atom. The normalized spacial score (nSPS) is 14.3. The Labute approximate surface area is 114 Å². The van der Waals surface area contributed by atoms with Crippen molar-refractivity contribution in [1.29, 1.82) is 0 Å². The number of benzene rings is 1. The number of carboxylic acid groups (broad SMARTS) is 1. The molecule has 1 aromatic carbocycles. The Bertz CT molecular complexity index is 489. The first-order chi connectivity index (χ1) is 8.47. The summed E-state index contributed by atoms with van der Waals surface area (Å²) in [6.45, 7) is 0. The lowest BCUT2D eigenvalue weighted by atomic mass is 10.2. The summed E-state index contributed by atoms with van der Waals surface area (Å²) in [6, 6.07) is 2.53. The highest BCUT2D eigenvalue weighted by molar-refractivity contribution is 6.40. The minimum atomic E-state index is -1.12. The van der Waals surface area contributed by atoms with Crippen LogP contribution in [0.2, 0.25) is 10.0 Å². The second-order valence-corrected chi connectivity index (χ2v) is 5.13. The monoisotopic (exact) mass is 287 g/mol. The zero-order valence-electron chi connectivity index (χ0n) is 9.37. The fourth-order valence-corrected chi connectivity index (χ4v) is 2.17. The minimum absolute atomic E-state index is 0.00908. The van der Waals surface area contributed by atoms with E-state index in [4.69, 9.17) is 28.3 Å². The maximum atomic E-state index is 11.6. The number of carboxylic acids is 1. The summed E-state index contributed by atoms with van der Waals surface area (Å²) in [6.07, 6.45) is 2.60. The Hall–Kier alpha value is -1.26. The molecule has 0 aromatic heterocycles. The summed E-state index contributed by atoms with van der Waals surface area (Å²) in [5.74, 6) is -0.806. The standard InChI is InChI=1S/C12H11Cl2NO3/c13-8-4-7(12(17)18)5-9(14)11(8)15-10(16)3-6-1-2-6/h4-6H,1-3H2,(H,15,16)(H,17,18). The van der Waals surface area contributed by atoms with Crippen molar-refractivity contribution in [1.82, 2.24) is 0 Å². The highest BCUT2D eigenvalue weighted by atomic mass is 35.5. The third-order valence-electron chi connectivity index (χ3n) is 2.72. The molecular weight excluding hydrogens is 277 g/mol. The van der Waals surface area contributed by atoms with Gasteiger partial charge in [0.05, 0.1) is 21.3 Å². The van der Waals surface area contributed by atoms with Gasteiger partial charge < -0.3 is 10.4 Å². The van der Waals surface area contributed by atoms with Crippen molar-refractivity contribution in [2.24, 2.45) is 5.92 Å². The van der Waals surface area contributed by atoms with Crippen LogP contribution in [-0.4, -0.2) is 17.0 Å². The van der Waals surface area contributed by atoms with Crippen LogP contribution in [0.1, 0.15) is 29.6 Å². The number of halogens is 2. The van der Waals surface area contributed by atoms with Gasteiger partial charge in [0.15, 0.2) is 0 Å². The van der Waals surface area contributed by atoms with Crippen LogP contribution >= 0.6 is 23.2 Å². The molecule has 2 N–H and O–H groups in total. The molecule has 96 valence electrons. The van der Waals surface area contributed by atoms with Gasteiger partial charge in [0, 0.05) is 6.42 Å². The number of carbonyl (C=O) groups excluding carboxylic acids is 1. The Kier molecular flexibility index (Phi) is 3.78. The molecular formula is C12H11Cl2NO3. The minimum Gasteiger partial charge on any atom is -0.478 e. The largest absolute Gasteiger partial charge is 0.478 e. The molecule has 2 rings (SSSR count). The zero-order chi connectivity index (χ0) is 13.3. The van der Waals surface area contributed by atoms with Crippen molar-refractivity contribution in [3.8, 4) is 0 Å². The second kappa shape index (κ2) is 5.16. The van der Waals surface area contributed by atoms with E-state index in [1.54, 1.807) is 0 Å². The van der Waals surface area contributed by atoms with Crippen LogP contribution in [0.4, 0.5) is 5.69 Å². The SMILES string of the molecule is O=C(CC1CC1)Nc1c(Cl)cc(C(=O)O)cc1Cl. The molecule has 0 heterocycles. The van der Waals surface area contributed by atoms with Crippen LogP contribution in [0.3, 0.4) is 0 Å². The van der Waals surface area contributed by atoms with E-state index in [2.05, 4.69) is 5.32 Å². The highest BCUT2D eigenvalue weighted by Crippen LogP contribution is 2.35. The molecule has 18 heavy (non-hydrogen) atoms. The molecule has 0 unspecified atom stereocenters. The van der Waals surface area contributed by atoms with Crippen molar-refractivity contribution in [3.63, 3.8) is 0 Å². The molecule has 4 nitrogen and oxygen atoms in total. The molecule has 0 radical (unpaired) electrons. The van der Waals surface area contributed by atoms with Gasteiger partial charge in [-0.15, -0.1) is 0 Å². The second-order valence-electron chi connectivity index (χ2n) is 4.32. The van der Waals surface area contributed by atoms with E-state index < -0.39 is 5.97 Å². The van der Waals surface area contributed by atoms with Crippen molar-refractivity contribution < 1.29 is 14.7 Å². The first-order valence-electron chi connectivity index (χ1n) is 5.49. The first kappa shape index (κ1) is 13.2. The third-order valence-corrected chi connectivity index (χ3v) is 3.32. The topological polar surface area (TPSA) is 66.4 Å². The smallest absolute Gasteiger partial charge is 0.335 e. The van der Waals surface area contributed by atoms with E-state index in [1.165, 1.54) is 12.1 Å². The van der Waals surface area contributed by atoms with E-state index >= 15 is 0 Å². The summed E-state index contributed by atoms with van der Waals surface area (Å²) in [7, 11) is 0. The third kappa shape index (κ3) is 3.15. The average molecular weight is 288 g/mol. The van der Waals surface area contributed by atoms with Crippen molar-refractivity contribution >= 4 is 40.8 Å². The summed E-state index contributed by atoms with van der Waals surface area (Å²) >= 11 is 11.8. The fraction of sp³-hybridized carbons (Fsp3) is 0.333. The summed E-state index contributed by atoms with van der Waals surface area (Å²) in [5.41, 5.74) is 0.263. The average Bonchev–Trinajstić information content (AvgIpc) is 3.06. The van der Waals surface area contributed by atoms with Crippen molar-refractivity contribution in [2.45, 2.75) is 19.3 Å². The number of anilines is 1. The van der Waals surface area contributed by atoms with E-state index in [-0.39, 0.29) is 27.2 Å². The fourth-order valence-electron chi connectivity index (χ4n) is 1.59. The van der Waals surface area contributed by atoms with Gasteiger partial charge in [-0.3, -0.25) is 4.79 Å². The Morgan fingerprint density at radius 3 is 2.28 bits per heavy atom. The predicted molar refractivity (Wildman–Crippen MR) is 69.4 cm³/mol. The van der Waals surface area contributed by atoms with Crippen LogP contribution in [0.25, 0.3) is 0 Å². The van der Waals surface area contributed by atoms with Crippen LogP contribution in [-0.2, 0) is 4.79 Å². The van der Waals surface area contributed by atoms with Crippen LogP contribution in [0, 0.1) is 5.92 Å². The lowest BCUT2D eigenvalue weighted by Gasteiger charge is -2.10. The molecule has 1 saturated carbocycles. The van der Waals surface area contributed by atoms with Gasteiger partial charge in [0.2, 0.25) is 5.91 Å². The molecule has 6 heteroatoms. The lowest BCUT2D eigenvalue weighted by Crippen LogP contribution is -2.13. The number of hydrogen-bond acceptors (Lipinski definition) is 2. The molecule has 0 spiro atoms. The first-order valence-corrected chi connectivity index (χ1v) is 6.25. The van der Waals surface area contributed by atoms with Gasteiger partial charge in [-0.1, -0.05) is 23.2 Å². The van der Waals surface area contributed by atoms with E-state index in [1.807, 2.05) is 0 Å². The Morgan fingerprint density at radius 1 is 1.28 bits per heavy atom. The van der Waals surface area contributed by atoms with Crippen LogP contribution < -0.4 is 5.32 Å². The lowest BCUT2D eigenvalue weighted by molar-refractivity contribution is -0.116. The van der Waals surface area contributed by atoms with E-state index in [9.17, 15) is 9.59 Å². The maximum absolute atomic E-state index is 11.6. The maximum Gasteiger partial charge on any atom is 0.335 e. The molecule has 0 saturated heterocycles. The molecule has 1 fully saturated rings. The molecule has 0 atom stereocenters. The van der Waals surface area contributed by atoms with Gasteiger partial charge >= 0.3 is 5.97 Å². The molecule has 1 aliphatic carbocycles. The summed E-state index contributed by atoms with van der Waals surface area (Å²) in [4.78, 5) is 22.4. The van der Waals surface area contributed by atoms with Crippen molar-refractivity contribution in [3.05, 3.63) is 27.7 Å². The number of nitrogens with one attached hydrogen (secondary N) is 1. The molecule has 1 aliphatic rings. The molecule has 0 bridgehead atoms. The number of hydrogen-bond donors (Lipinski definition) is 2. The number of amides is 1. The summed E-state index contributed by atoms with van der Waals surface area (Å²) in [5, 5.41) is 11.7. The van der Waals surface area contributed by atoms with Gasteiger partial charge in [0.1, 0.15) is 0 Å². The van der Waals surface area contributed by atoms with Gasteiger partial charge in [-0.25, -0.2) is 4.79 Å². The zero-order valence-corrected chi connectivity index (χ0v) is 10.9. The number of carbonyl (C=O) groups is 2. The number of aromatic carboxylic acids is 1. The van der Waals surface area contributed by atoms with E-state index in [0.717, 1.165) is 12.8 Å². The predicted octanol–water partition coefficient (Wildman–Crippen LogP) is 3.43. The van der Waals surface area contributed by atoms with Gasteiger partial charge in [-0.2, -0.15) is 0 Å². The van der Waals surface area contributed by atoms with Gasteiger partial charge in [0.25, 0.3) is 0 Å². The van der Waals surface area contributed by atoms with Gasteiger partial charge in [-0.05, 0) is 30.9 Å². The molecule has 1 aromatic rings. The Balaban J connectivity index is 2.16. The number of rotatable bonds is 4. The van der Waals surface area contributed by atoms with Crippen molar-refractivity contribution in [2.75, 3.05) is 5.32 Å². The van der Waals surface area contributed by atoms with E-state index in [0.29, 0.717) is 12.3 Å². The summed E-state index contributed by atoms with van der Waals surface area (Å²) < 4.78 is 0.